The molecule has 5 aromatic rings. The van der Waals surface area contributed by atoms with Gasteiger partial charge in [-0.1, -0.05) is 84.4 Å². The zero-order valence-corrected chi connectivity index (χ0v) is 25.7. The number of carbonyl (C=O) groups is 3. The van der Waals surface area contributed by atoms with Crippen molar-refractivity contribution in [2.75, 3.05) is 10.6 Å². The van der Waals surface area contributed by atoms with Gasteiger partial charge in [0.1, 0.15) is 5.70 Å². The van der Waals surface area contributed by atoms with Gasteiger partial charge in [-0.25, -0.2) is 0 Å². The molecule has 8 heteroatoms. The predicted octanol–water partition coefficient (Wildman–Crippen LogP) is 8.33. The molecule has 3 amide bonds. The monoisotopic (exact) mass is 619 g/mol. The number of halogens is 1. The van der Waals surface area contributed by atoms with Crippen LogP contribution in [0.25, 0.3) is 16.8 Å². The molecule has 0 radical (unpaired) electrons. The number of benzene rings is 5. The van der Waals surface area contributed by atoms with Crippen LogP contribution < -0.4 is 16.0 Å². The van der Waals surface area contributed by atoms with E-state index in [2.05, 4.69) is 16.0 Å². The Morgan fingerprint density at radius 2 is 1.52 bits per heavy atom. The molecule has 5 aromatic carbocycles. The van der Waals surface area contributed by atoms with E-state index >= 15 is 0 Å². The quantitative estimate of drug-likeness (QED) is 0.114. The molecule has 3 N–H and O–H groups in total. The molecule has 0 saturated heterocycles. The summed E-state index contributed by atoms with van der Waals surface area (Å²) in [6, 6.07) is 35.0. The summed E-state index contributed by atoms with van der Waals surface area (Å²) in [5.41, 5.74) is 3.42. The van der Waals surface area contributed by atoms with Crippen LogP contribution in [0.4, 0.5) is 11.4 Å². The van der Waals surface area contributed by atoms with Crippen LogP contribution in [-0.2, 0) is 9.59 Å². The summed E-state index contributed by atoms with van der Waals surface area (Å²) >= 11 is 7.46. The number of carbonyl (C=O) groups excluding carboxylic acids is 3. The molecule has 1 atom stereocenters. The number of nitrogens with one attached hydrogen (secondary N) is 3. The lowest BCUT2D eigenvalue weighted by Crippen LogP contribution is -2.30. The minimum Gasteiger partial charge on any atom is -0.325 e. The number of fused-ring (bicyclic) bond motifs is 1. The zero-order chi connectivity index (χ0) is 31.1. The minimum atomic E-state index is -0.480. The van der Waals surface area contributed by atoms with E-state index in [1.165, 1.54) is 11.8 Å². The van der Waals surface area contributed by atoms with E-state index in [1.54, 1.807) is 60.7 Å². The molecule has 0 heterocycles. The summed E-state index contributed by atoms with van der Waals surface area (Å²) in [7, 11) is 0. The highest BCUT2D eigenvalue weighted by molar-refractivity contribution is 8.00. The Labute approximate surface area is 265 Å². The number of rotatable bonds is 9. The molecule has 44 heavy (non-hydrogen) atoms. The smallest absolute Gasteiger partial charge is 0.272 e. The van der Waals surface area contributed by atoms with Gasteiger partial charge in [-0.3, -0.25) is 14.4 Å². The van der Waals surface area contributed by atoms with Crippen LogP contribution in [-0.4, -0.2) is 23.0 Å². The highest BCUT2D eigenvalue weighted by Gasteiger charge is 2.18. The second-order valence-electron chi connectivity index (χ2n) is 10.1. The van der Waals surface area contributed by atoms with Crippen LogP contribution in [0.15, 0.2) is 126 Å². The molecule has 0 aliphatic heterocycles. The zero-order valence-electron chi connectivity index (χ0n) is 24.1. The van der Waals surface area contributed by atoms with Gasteiger partial charge in [0.25, 0.3) is 11.8 Å². The highest BCUT2D eigenvalue weighted by atomic mass is 35.5. The van der Waals surface area contributed by atoms with Crippen molar-refractivity contribution in [1.82, 2.24) is 5.32 Å². The van der Waals surface area contributed by atoms with Crippen molar-refractivity contribution in [2.45, 2.75) is 24.0 Å². The first-order valence-electron chi connectivity index (χ1n) is 14.0. The molecule has 0 spiro atoms. The largest absolute Gasteiger partial charge is 0.325 e. The number of hydrogen-bond acceptors (Lipinski definition) is 4. The molecule has 1 unspecified atom stereocenters. The van der Waals surface area contributed by atoms with Crippen molar-refractivity contribution < 1.29 is 14.4 Å². The van der Waals surface area contributed by atoms with Crippen molar-refractivity contribution >= 4 is 69.3 Å². The van der Waals surface area contributed by atoms with E-state index < -0.39 is 17.1 Å². The Morgan fingerprint density at radius 1 is 0.795 bits per heavy atom. The molecular weight excluding hydrogens is 590 g/mol. The first-order chi connectivity index (χ1) is 21.3. The van der Waals surface area contributed by atoms with Gasteiger partial charge in [0, 0.05) is 26.9 Å². The fourth-order valence-corrected chi connectivity index (χ4v) is 5.64. The van der Waals surface area contributed by atoms with Crippen LogP contribution in [0, 0.1) is 6.92 Å². The normalized spacial score (nSPS) is 11.9. The average Bonchev–Trinajstić information content (AvgIpc) is 3.03. The van der Waals surface area contributed by atoms with Gasteiger partial charge in [0.2, 0.25) is 5.91 Å². The van der Waals surface area contributed by atoms with Crippen LogP contribution in [0.1, 0.15) is 28.4 Å². The third-order valence-corrected chi connectivity index (χ3v) is 8.21. The molecule has 0 aromatic heterocycles. The van der Waals surface area contributed by atoms with E-state index in [0.29, 0.717) is 22.0 Å². The van der Waals surface area contributed by atoms with E-state index in [4.69, 9.17) is 11.6 Å². The maximum atomic E-state index is 13.6. The standard InChI is InChI=1S/C36H30ClN3O3S/c1-23-18-19-28(37)21-32(23)39-34(41)24(2)44-30-16-9-15-29(22-30)38-36(43)33(40-35(42)26-11-4-3-5-12-26)20-27-14-8-13-25-10-6-7-17-31(25)27/h3-22,24H,1-2H3,(H,38,43)(H,39,41)(H,40,42)/b33-20+. The lowest BCUT2D eigenvalue weighted by molar-refractivity contribution is -0.115. The van der Waals surface area contributed by atoms with Gasteiger partial charge in [-0.15, -0.1) is 11.8 Å². The van der Waals surface area contributed by atoms with Crippen LogP contribution in [0.5, 0.6) is 0 Å². The molecule has 0 aliphatic rings. The predicted molar refractivity (Wildman–Crippen MR) is 181 cm³/mol. The molecule has 220 valence electrons. The Kier molecular flexibility index (Phi) is 9.79. The summed E-state index contributed by atoms with van der Waals surface area (Å²) < 4.78 is 0. The van der Waals surface area contributed by atoms with Gasteiger partial charge in [-0.05, 0) is 84.3 Å². The van der Waals surface area contributed by atoms with E-state index in [-0.39, 0.29) is 11.6 Å². The van der Waals surface area contributed by atoms with E-state index in [0.717, 1.165) is 26.8 Å². The second kappa shape index (κ2) is 14.1. The number of anilines is 2. The Hall–Kier alpha value is -4.85. The summed E-state index contributed by atoms with van der Waals surface area (Å²) in [6.45, 7) is 3.72. The number of aryl methyl sites for hydroxylation is 1. The molecule has 6 nitrogen and oxygen atoms in total. The van der Waals surface area contributed by atoms with Gasteiger partial charge in [0.15, 0.2) is 0 Å². The topological polar surface area (TPSA) is 87.3 Å². The third kappa shape index (κ3) is 7.75. The fourth-order valence-electron chi connectivity index (χ4n) is 4.54. The van der Waals surface area contributed by atoms with Gasteiger partial charge < -0.3 is 16.0 Å². The Balaban J connectivity index is 1.35. The fraction of sp³-hybridized carbons (Fsp3) is 0.0833. The summed E-state index contributed by atoms with van der Waals surface area (Å²) in [5.74, 6) is -1.04. The highest BCUT2D eigenvalue weighted by Crippen LogP contribution is 2.28. The third-order valence-electron chi connectivity index (χ3n) is 6.88. The Morgan fingerprint density at radius 3 is 2.34 bits per heavy atom. The summed E-state index contributed by atoms with van der Waals surface area (Å²) in [5, 5.41) is 10.7. The first-order valence-corrected chi connectivity index (χ1v) is 15.2. The molecule has 0 aliphatic carbocycles. The van der Waals surface area contributed by atoms with Crippen molar-refractivity contribution in [2.24, 2.45) is 0 Å². The van der Waals surface area contributed by atoms with Gasteiger partial charge in [0.05, 0.1) is 5.25 Å². The second-order valence-corrected chi connectivity index (χ2v) is 12.0. The van der Waals surface area contributed by atoms with Crippen LogP contribution in [0.3, 0.4) is 0 Å². The summed E-state index contributed by atoms with van der Waals surface area (Å²) in [4.78, 5) is 40.5. The molecule has 0 fully saturated rings. The van der Waals surface area contributed by atoms with Gasteiger partial charge >= 0.3 is 0 Å². The van der Waals surface area contributed by atoms with E-state index in [9.17, 15) is 14.4 Å². The molecule has 0 saturated carbocycles. The van der Waals surface area contributed by atoms with Crippen LogP contribution >= 0.6 is 23.4 Å². The molecule has 5 rings (SSSR count). The van der Waals surface area contributed by atoms with Crippen molar-refractivity contribution in [3.8, 4) is 0 Å². The van der Waals surface area contributed by atoms with Crippen molar-refractivity contribution in [3.05, 3.63) is 143 Å². The van der Waals surface area contributed by atoms with E-state index in [1.807, 2.05) is 74.5 Å². The molecular formula is C36H30ClN3O3S. The maximum Gasteiger partial charge on any atom is 0.272 e. The number of amides is 3. The van der Waals surface area contributed by atoms with Crippen molar-refractivity contribution in [1.29, 1.82) is 0 Å². The first kappa shape index (κ1) is 30.6. The van der Waals surface area contributed by atoms with Gasteiger partial charge in [-0.2, -0.15) is 0 Å². The Bertz CT molecular complexity index is 1870. The lowest BCUT2D eigenvalue weighted by Gasteiger charge is -2.15. The number of thioether (sulfide) groups is 1. The van der Waals surface area contributed by atoms with Crippen LogP contribution in [0.2, 0.25) is 5.02 Å². The molecule has 0 bridgehead atoms. The minimum absolute atomic E-state index is 0.0953. The lowest BCUT2D eigenvalue weighted by atomic mass is 10.0. The maximum absolute atomic E-state index is 13.6. The number of hydrogen-bond donors (Lipinski definition) is 3. The average molecular weight is 620 g/mol. The van der Waals surface area contributed by atoms with Crippen molar-refractivity contribution in [3.63, 3.8) is 0 Å². The SMILES string of the molecule is Cc1ccc(Cl)cc1NC(=O)C(C)Sc1cccc(NC(=O)/C(=C\c2cccc3ccccc23)NC(=O)c2ccccc2)c1. The summed E-state index contributed by atoms with van der Waals surface area (Å²) in [6.07, 6.45) is 1.68.